The molecule has 2 aromatic carbocycles. The summed E-state index contributed by atoms with van der Waals surface area (Å²) in [5.41, 5.74) is 5.25. The molecule has 0 radical (unpaired) electrons. The van der Waals surface area contributed by atoms with Gasteiger partial charge in [0.2, 0.25) is 0 Å². The van der Waals surface area contributed by atoms with Crippen molar-refractivity contribution in [2.45, 2.75) is 23.8 Å². The summed E-state index contributed by atoms with van der Waals surface area (Å²) in [6.07, 6.45) is 4.84. The van der Waals surface area contributed by atoms with Gasteiger partial charge in [-0.25, -0.2) is 13.1 Å². The first kappa shape index (κ1) is 24.6. The fraction of sp³-hybridized carbons (Fsp3) is 0.321. The van der Waals surface area contributed by atoms with Crippen molar-refractivity contribution >= 4 is 31.8 Å². The minimum Gasteiger partial charge on any atom is -0.478 e. The molecule has 1 atom stereocenters. The summed E-state index contributed by atoms with van der Waals surface area (Å²) < 4.78 is 40.3. The quantitative estimate of drug-likeness (QED) is 0.320. The zero-order chi connectivity index (χ0) is 26.4. The van der Waals surface area contributed by atoms with E-state index in [1.807, 2.05) is 31.3 Å². The summed E-state index contributed by atoms with van der Waals surface area (Å²) >= 11 is 0. The summed E-state index contributed by atoms with van der Waals surface area (Å²) in [6.45, 7) is 1.39. The Morgan fingerprint density at radius 1 is 1.05 bits per heavy atom. The smallest absolute Gasteiger partial charge is 0.261 e. The van der Waals surface area contributed by atoms with Gasteiger partial charge in [-0.05, 0) is 48.6 Å². The second kappa shape index (κ2) is 9.52. The van der Waals surface area contributed by atoms with E-state index in [9.17, 15) is 8.42 Å². The monoisotopic (exact) mass is 531 g/mol. The molecule has 1 aliphatic rings. The normalized spacial score (nSPS) is 15.8. The first-order valence-electron chi connectivity index (χ1n) is 12.6. The van der Waals surface area contributed by atoms with Gasteiger partial charge in [-0.3, -0.25) is 4.98 Å². The van der Waals surface area contributed by atoms with Gasteiger partial charge in [-0.2, -0.15) is 0 Å². The molecule has 196 valence electrons. The number of methoxy groups -OCH3 is 1. The lowest BCUT2D eigenvalue weighted by Gasteiger charge is -2.33. The van der Waals surface area contributed by atoms with Crippen LogP contribution in [-0.4, -0.2) is 59.5 Å². The van der Waals surface area contributed by atoms with Crippen LogP contribution in [0.3, 0.4) is 0 Å². The first-order chi connectivity index (χ1) is 18.4. The van der Waals surface area contributed by atoms with Crippen molar-refractivity contribution < 1.29 is 17.9 Å². The number of benzene rings is 2. The molecule has 6 rings (SSSR count). The number of pyridine rings is 1. The molecule has 0 saturated carbocycles. The number of aromatic nitrogens is 5. The van der Waals surface area contributed by atoms with Crippen LogP contribution in [-0.2, 0) is 21.6 Å². The second-order valence-electron chi connectivity index (χ2n) is 9.79. The molecule has 1 aliphatic heterocycles. The highest BCUT2D eigenvalue weighted by molar-refractivity contribution is 7.90. The van der Waals surface area contributed by atoms with Crippen LogP contribution in [0.1, 0.15) is 24.4 Å². The lowest BCUT2D eigenvalue weighted by Crippen LogP contribution is -2.27. The van der Waals surface area contributed by atoms with Crippen LogP contribution in [0.15, 0.2) is 65.7 Å². The van der Waals surface area contributed by atoms with Crippen LogP contribution >= 0.6 is 0 Å². The molecule has 38 heavy (non-hydrogen) atoms. The second-order valence-corrected chi connectivity index (χ2v) is 11.8. The highest BCUT2D eigenvalue weighted by Gasteiger charge is 2.31. The molecule has 0 spiro atoms. The number of rotatable bonds is 6. The van der Waals surface area contributed by atoms with Crippen molar-refractivity contribution in [2.24, 2.45) is 13.0 Å². The summed E-state index contributed by atoms with van der Waals surface area (Å²) in [6, 6.07) is 17.8. The third-order valence-electron chi connectivity index (χ3n) is 7.43. The Bertz CT molecular complexity index is 1740. The Morgan fingerprint density at radius 2 is 1.82 bits per heavy atom. The van der Waals surface area contributed by atoms with Crippen molar-refractivity contribution in [3.63, 3.8) is 0 Å². The SMILES string of the molecule is COc1nnn(C)c1-c1cnc2c3ccc(S(C)(=O)=O)cc3n([C@H](c3ccccc3)C3CCOCC3)c2c1. The van der Waals surface area contributed by atoms with Gasteiger partial charge in [0.15, 0.2) is 9.84 Å². The molecular weight excluding hydrogens is 502 g/mol. The van der Waals surface area contributed by atoms with Crippen LogP contribution in [0, 0.1) is 5.92 Å². The topological polar surface area (TPSA) is 101 Å². The summed E-state index contributed by atoms with van der Waals surface area (Å²) in [7, 11) is -0.0256. The molecule has 3 aromatic heterocycles. The van der Waals surface area contributed by atoms with E-state index in [0.29, 0.717) is 25.0 Å². The highest BCUT2D eigenvalue weighted by Crippen LogP contribution is 2.42. The van der Waals surface area contributed by atoms with Gasteiger partial charge in [0.1, 0.15) is 5.69 Å². The lowest BCUT2D eigenvalue weighted by atomic mass is 9.86. The van der Waals surface area contributed by atoms with Crippen LogP contribution < -0.4 is 4.74 Å². The fourth-order valence-corrected chi connectivity index (χ4v) is 6.29. The molecule has 0 N–H and O–H groups in total. The number of ether oxygens (including phenoxy) is 2. The van der Waals surface area contributed by atoms with Crippen LogP contribution in [0.5, 0.6) is 5.88 Å². The molecule has 1 saturated heterocycles. The standard InChI is InChI=1S/C28H29N5O4S/c1-32-27(28(36-2)30-31-32)20-15-24-25(29-17-20)22-10-9-21(38(3,34)35)16-23(22)33(24)26(18-7-5-4-6-8-18)19-11-13-37-14-12-19/h4-10,15-17,19,26H,11-14H2,1-3H3/t26-/m1/s1. The van der Waals surface area contributed by atoms with Crippen molar-refractivity contribution in [2.75, 3.05) is 26.6 Å². The van der Waals surface area contributed by atoms with Crippen molar-refractivity contribution in [3.05, 3.63) is 66.4 Å². The zero-order valence-electron chi connectivity index (χ0n) is 21.5. The number of nitrogens with zero attached hydrogens (tertiary/aromatic N) is 5. The van der Waals surface area contributed by atoms with Crippen LogP contribution in [0.2, 0.25) is 0 Å². The van der Waals surface area contributed by atoms with Gasteiger partial charge in [0.05, 0.1) is 34.6 Å². The van der Waals surface area contributed by atoms with Gasteiger partial charge in [-0.1, -0.05) is 40.6 Å². The number of fused-ring (bicyclic) bond motifs is 3. The number of aryl methyl sites for hydroxylation is 1. The lowest BCUT2D eigenvalue weighted by molar-refractivity contribution is 0.0553. The van der Waals surface area contributed by atoms with E-state index in [0.717, 1.165) is 51.6 Å². The average molecular weight is 532 g/mol. The molecule has 1 fully saturated rings. The van der Waals surface area contributed by atoms with Gasteiger partial charge in [0.25, 0.3) is 5.88 Å². The number of sulfone groups is 1. The van der Waals surface area contributed by atoms with Gasteiger partial charge < -0.3 is 14.0 Å². The molecule has 0 amide bonds. The van der Waals surface area contributed by atoms with E-state index in [1.165, 1.54) is 6.26 Å². The van der Waals surface area contributed by atoms with Crippen molar-refractivity contribution in [1.29, 1.82) is 0 Å². The highest BCUT2D eigenvalue weighted by atomic mass is 32.2. The maximum atomic E-state index is 12.6. The Balaban J connectivity index is 1.70. The molecule has 0 aliphatic carbocycles. The van der Waals surface area contributed by atoms with Crippen LogP contribution in [0.25, 0.3) is 33.2 Å². The third-order valence-corrected chi connectivity index (χ3v) is 8.54. The Morgan fingerprint density at radius 3 is 2.53 bits per heavy atom. The van der Waals surface area contributed by atoms with E-state index in [2.05, 4.69) is 33.1 Å². The molecule has 5 aromatic rings. The molecule has 0 unspecified atom stereocenters. The minimum absolute atomic E-state index is 0.0430. The minimum atomic E-state index is -3.41. The predicted molar refractivity (Wildman–Crippen MR) is 145 cm³/mol. The fourth-order valence-electron chi connectivity index (χ4n) is 5.64. The largest absolute Gasteiger partial charge is 0.478 e. The number of hydrogen-bond donors (Lipinski definition) is 0. The molecule has 9 nitrogen and oxygen atoms in total. The summed E-state index contributed by atoms with van der Waals surface area (Å²) in [5.74, 6) is 0.711. The maximum Gasteiger partial charge on any atom is 0.261 e. The first-order valence-corrected chi connectivity index (χ1v) is 14.5. The van der Waals surface area contributed by atoms with Crippen molar-refractivity contribution in [1.82, 2.24) is 24.5 Å². The summed E-state index contributed by atoms with van der Waals surface area (Å²) in [5, 5.41) is 9.16. The molecular formula is C28H29N5O4S. The van der Waals surface area contributed by atoms with Gasteiger partial charge >= 0.3 is 0 Å². The maximum absolute atomic E-state index is 12.6. The summed E-state index contributed by atoms with van der Waals surface area (Å²) in [4.78, 5) is 5.18. The Kier molecular flexibility index (Phi) is 6.16. The third kappa shape index (κ3) is 4.13. The Labute approximate surface area is 220 Å². The van der Waals surface area contributed by atoms with Gasteiger partial charge in [-0.15, -0.1) is 0 Å². The van der Waals surface area contributed by atoms with E-state index in [4.69, 9.17) is 14.5 Å². The zero-order valence-corrected chi connectivity index (χ0v) is 22.4. The van der Waals surface area contributed by atoms with E-state index >= 15 is 0 Å². The Hall–Kier alpha value is -3.76. The van der Waals surface area contributed by atoms with E-state index in [-0.39, 0.29) is 10.9 Å². The van der Waals surface area contributed by atoms with E-state index < -0.39 is 9.84 Å². The molecule has 4 heterocycles. The van der Waals surface area contributed by atoms with E-state index in [1.54, 1.807) is 30.1 Å². The molecule has 10 heteroatoms. The number of hydrogen-bond acceptors (Lipinski definition) is 7. The van der Waals surface area contributed by atoms with Gasteiger partial charge in [0, 0.05) is 43.7 Å². The van der Waals surface area contributed by atoms with Crippen molar-refractivity contribution in [3.8, 4) is 17.1 Å². The average Bonchev–Trinajstić information content (AvgIpc) is 3.46. The predicted octanol–water partition coefficient (Wildman–Crippen LogP) is 4.41. The van der Waals surface area contributed by atoms with Crippen LogP contribution in [0.4, 0.5) is 0 Å². The molecule has 0 bridgehead atoms.